The normalized spacial score (nSPS) is 14.0. The molecule has 78 valence electrons. The van der Waals surface area contributed by atoms with Crippen LogP contribution in [0.15, 0.2) is 18.5 Å². The van der Waals surface area contributed by atoms with Crippen LogP contribution in [0.25, 0.3) is 0 Å². The number of hydrogen-bond donors (Lipinski definition) is 1. The molecule has 1 rings (SSSR count). The van der Waals surface area contributed by atoms with Crippen LogP contribution < -0.4 is 5.73 Å². The lowest BCUT2D eigenvalue weighted by molar-refractivity contribution is 0.349. The highest BCUT2D eigenvalue weighted by molar-refractivity contribution is 5.10. The van der Waals surface area contributed by atoms with Gasteiger partial charge >= 0.3 is 0 Å². The van der Waals surface area contributed by atoms with Crippen LogP contribution >= 0.6 is 0 Å². The van der Waals surface area contributed by atoms with Crippen molar-refractivity contribution in [2.45, 2.75) is 39.7 Å². The summed E-state index contributed by atoms with van der Waals surface area (Å²) in [5, 5.41) is 7.55. The van der Waals surface area contributed by atoms with Gasteiger partial charge in [0.25, 0.3) is 0 Å². The number of aromatic nitrogens is 2. The molecule has 14 heavy (non-hydrogen) atoms. The molecule has 0 bridgehead atoms. The zero-order valence-corrected chi connectivity index (χ0v) is 9.20. The average molecular weight is 193 g/mol. The Morgan fingerprint density at radius 1 is 1.36 bits per heavy atom. The second-order valence-corrected chi connectivity index (χ2v) is 4.88. The molecule has 1 aromatic heterocycles. The third-order valence-corrected chi connectivity index (χ3v) is 2.24. The van der Waals surface area contributed by atoms with Gasteiger partial charge in [-0.05, 0) is 29.9 Å². The summed E-state index contributed by atoms with van der Waals surface area (Å²) in [7, 11) is 0. The second-order valence-electron chi connectivity index (χ2n) is 4.88. The SMILES string of the molecule is CC(C)(C)CCC(N)c1ccnnc1. The molecule has 3 heteroatoms. The van der Waals surface area contributed by atoms with Crippen LogP contribution in [0, 0.1) is 5.41 Å². The second kappa shape index (κ2) is 4.51. The van der Waals surface area contributed by atoms with Crippen molar-refractivity contribution in [2.24, 2.45) is 11.1 Å². The molecule has 2 N–H and O–H groups in total. The van der Waals surface area contributed by atoms with Gasteiger partial charge in [-0.1, -0.05) is 20.8 Å². The molecule has 1 atom stereocenters. The number of rotatable bonds is 3. The molecule has 0 spiro atoms. The Bertz CT molecular complexity index is 264. The van der Waals surface area contributed by atoms with Crippen LogP contribution in [0.4, 0.5) is 0 Å². The van der Waals surface area contributed by atoms with Gasteiger partial charge in [-0.2, -0.15) is 10.2 Å². The molecule has 0 aliphatic rings. The Balaban J connectivity index is 2.48. The van der Waals surface area contributed by atoms with E-state index in [2.05, 4.69) is 31.0 Å². The summed E-state index contributed by atoms with van der Waals surface area (Å²) in [5.74, 6) is 0. The predicted molar refractivity (Wildman–Crippen MR) is 57.6 cm³/mol. The van der Waals surface area contributed by atoms with Crippen molar-refractivity contribution in [3.8, 4) is 0 Å². The molecule has 0 amide bonds. The van der Waals surface area contributed by atoms with Gasteiger partial charge in [0.2, 0.25) is 0 Å². The molecule has 0 aliphatic heterocycles. The summed E-state index contributed by atoms with van der Waals surface area (Å²) in [6, 6.07) is 2.02. The fraction of sp³-hybridized carbons (Fsp3) is 0.636. The minimum absolute atomic E-state index is 0.0877. The summed E-state index contributed by atoms with van der Waals surface area (Å²) in [5.41, 5.74) is 7.45. The fourth-order valence-corrected chi connectivity index (χ4v) is 1.28. The number of hydrogen-bond acceptors (Lipinski definition) is 3. The van der Waals surface area contributed by atoms with Crippen LogP contribution in [0.3, 0.4) is 0 Å². The Morgan fingerprint density at radius 3 is 2.57 bits per heavy atom. The van der Waals surface area contributed by atoms with E-state index in [0.717, 1.165) is 18.4 Å². The van der Waals surface area contributed by atoms with Gasteiger partial charge in [0.1, 0.15) is 0 Å². The van der Waals surface area contributed by atoms with Crippen LogP contribution in [0.5, 0.6) is 0 Å². The molecule has 1 unspecified atom stereocenters. The molecular weight excluding hydrogens is 174 g/mol. The third kappa shape index (κ3) is 3.83. The van der Waals surface area contributed by atoms with Crippen LogP contribution in [0.2, 0.25) is 0 Å². The first-order chi connectivity index (χ1) is 6.49. The summed E-state index contributed by atoms with van der Waals surface area (Å²) in [6.07, 6.45) is 5.55. The molecule has 1 aromatic rings. The lowest BCUT2D eigenvalue weighted by Gasteiger charge is -2.20. The zero-order valence-electron chi connectivity index (χ0n) is 9.20. The maximum Gasteiger partial charge on any atom is 0.0543 e. The van der Waals surface area contributed by atoms with Crippen molar-refractivity contribution in [3.63, 3.8) is 0 Å². The van der Waals surface area contributed by atoms with Crippen LogP contribution in [-0.2, 0) is 0 Å². The number of nitrogens with zero attached hydrogens (tertiary/aromatic N) is 2. The van der Waals surface area contributed by atoms with Crippen molar-refractivity contribution >= 4 is 0 Å². The average Bonchev–Trinajstić information content (AvgIpc) is 2.14. The zero-order chi connectivity index (χ0) is 10.6. The lowest BCUT2D eigenvalue weighted by atomic mass is 9.88. The molecule has 0 fully saturated rings. The minimum atomic E-state index is 0.0877. The van der Waals surface area contributed by atoms with Crippen molar-refractivity contribution in [1.82, 2.24) is 10.2 Å². The highest BCUT2D eigenvalue weighted by Gasteiger charge is 2.13. The smallest absolute Gasteiger partial charge is 0.0543 e. The first kappa shape index (κ1) is 11.1. The maximum atomic E-state index is 6.03. The van der Waals surface area contributed by atoms with Gasteiger partial charge < -0.3 is 5.73 Å². The van der Waals surface area contributed by atoms with Crippen molar-refractivity contribution in [2.75, 3.05) is 0 Å². The third-order valence-electron chi connectivity index (χ3n) is 2.24. The van der Waals surface area contributed by atoms with Gasteiger partial charge in [0.15, 0.2) is 0 Å². The van der Waals surface area contributed by atoms with Crippen molar-refractivity contribution < 1.29 is 0 Å². The van der Waals surface area contributed by atoms with E-state index in [1.165, 1.54) is 0 Å². The van der Waals surface area contributed by atoms with E-state index in [-0.39, 0.29) is 6.04 Å². The van der Waals surface area contributed by atoms with Gasteiger partial charge in [0.05, 0.1) is 6.20 Å². The summed E-state index contributed by atoms with van der Waals surface area (Å²) >= 11 is 0. The van der Waals surface area contributed by atoms with E-state index in [4.69, 9.17) is 5.73 Å². The molecule has 0 radical (unpaired) electrons. The van der Waals surface area contributed by atoms with Gasteiger partial charge in [-0.3, -0.25) is 0 Å². The highest BCUT2D eigenvalue weighted by atomic mass is 15.1. The molecule has 0 aliphatic carbocycles. The summed E-state index contributed by atoms with van der Waals surface area (Å²) < 4.78 is 0. The molecular formula is C11H19N3. The monoisotopic (exact) mass is 193 g/mol. The highest BCUT2D eigenvalue weighted by Crippen LogP contribution is 2.25. The van der Waals surface area contributed by atoms with E-state index in [1.807, 2.05) is 6.07 Å². The topological polar surface area (TPSA) is 51.8 Å². The van der Waals surface area contributed by atoms with E-state index >= 15 is 0 Å². The van der Waals surface area contributed by atoms with Crippen LogP contribution in [0.1, 0.15) is 45.2 Å². The van der Waals surface area contributed by atoms with Gasteiger partial charge in [-0.25, -0.2) is 0 Å². The first-order valence-corrected chi connectivity index (χ1v) is 5.01. The van der Waals surface area contributed by atoms with Gasteiger partial charge in [-0.15, -0.1) is 0 Å². The Hall–Kier alpha value is -0.960. The molecule has 0 saturated heterocycles. The van der Waals surface area contributed by atoms with Gasteiger partial charge in [0, 0.05) is 12.2 Å². The first-order valence-electron chi connectivity index (χ1n) is 5.01. The largest absolute Gasteiger partial charge is 0.324 e. The van der Waals surface area contributed by atoms with Crippen molar-refractivity contribution in [1.29, 1.82) is 0 Å². The van der Waals surface area contributed by atoms with E-state index in [9.17, 15) is 0 Å². The van der Waals surface area contributed by atoms with Crippen molar-refractivity contribution in [3.05, 3.63) is 24.0 Å². The lowest BCUT2D eigenvalue weighted by Crippen LogP contribution is -2.14. The van der Waals surface area contributed by atoms with E-state index in [1.54, 1.807) is 12.4 Å². The van der Waals surface area contributed by atoms with E-state index in [0.29, 0.717) is 5.41 Å². The predicted octanol–water partition coefficient (Wildman–Crippen LogP) is 2.30. The van der Waals surface area contributed by atoms with Crippen LogP contribution in [-0.4, -0.2) is 10.2 Å². The summed E-state index contributed by atoms with van der Waals surface area (Å²) in [6.45, 7) is 6.68. The molecule has 0 saturated carbocycles. The standard InChI is InChI=1S/C11H19N3/c1-11(2,3)6-4-10(12)9-5-7-13-14-8-9/h5,7-8,10H,4,6,12H2,1-3H3. The van der Waals surface area contributed by atoms with E-state index < -0.39 is 0 Å². The Morgan fingerprint density at radius 2 is 2.07 bits per heavy atom. The molecule has 1 heterocycles. The summed E-state index contributed by atoms with van der Waals surface area (Å²) in [4.78, 5) is 0. The fourth-order valence-electron chi connectivity index (χ4n) is 1.28. The maximum absolute atomic E-state index is 6.03. The number of nitrogens with two attached hydrogens (primary N) is 1. The Labute approximate surface area is 85.7 Å². The minimum Gasteiger partial charge on any atom is -0.324 e. The molecule has 3 nitrogen and oxygen atoms in total. The molecule has 0 aromatic carbocycles. The Kier molecular flexibility index (Phi) is 3.58. The quantitative estimate of drug-likeness (QED) is 0.801.